The molecule has 1 unspecified atom stereocenters. The van der Waals surface area contributed by atoms with Crippen molar-refractivity contribution in [3.8, 4) is 11.5 Å². The Labute approximate surface area is 176 Å². The summed E-state index contributed by atoms with van der Waals surface area (Å²) in [5.74, 6) is -0.0989. The van der Waals surface area contributed by atoms with Gasteiger partial charge in [-0.3, -0.25) is 14.2 Å². The van der Waals surface area contributed by atoms with E-state index in [1.807, 2.05) is 0 Å². The Kier molecular flexibility index (Phi) is 5.54. The highest BCUT2D eigenvalue weighted by atomic mass is 32.1. The molecule has 8 nitrogen and oxygen atoms in total. The maximum Gasteiger partial charge on any atom is 0.263 e. The second-order valence-corrected chi connectivity index (χ2v) is 8.27. The number of carbonyl (C=O) groups is 1. The van der Waals surface area contributed by atoms with E-state index in [4.69, 9.17) is 4.74 Å². The number of rotatable bonds is 5. The number of thiophene rings is 1. The minimum Gasteiger partial charge on any atom is -0.504 e. The molecular formula is C21H22N4O4S. The van der Waals surface area contributed by atoms with Crippen LogP contribution >= 0.6 is 11.3 Å². The van der Waals surface area contributed by atoms with Gasteiger partial charge in [0.15, 0.2) is 11.5 Å². The molecule has 30 heavy (non-hydrogen) atoms. The zero-order chi connectivity index (χ0) is 21.3. The molecule has 0 radical (unpaired) electrons. The fourth-order valence-electron chi connectivity index (χ4n) is 3.60. The van der Waals surface area contributed by atoms with Crippen LogP contribution in [0.2, 0.25) is 0 Å². The summed E-state index contributed by atoms with van der Waals surface area (Å²) in [6.07, 6.45) is 6.95. The number of aryl methyl sites for hydroxylation is 2. The number of carbonyl (C=O) groups excluding carboxylic acids is 1. The Morgan fingerprint density at radius 3 is 3.00 bits per heavy atom. The van der Waals surface area contributed by atoms with Crippen LogP contribution < -0.4 is 15.7 Å². The van der Waals surface area contributed by atoms with E-state index in [0.717, 1.165) is 36.1 Å². The van der Waals surface area contributed by atoms with Crippen molar-refractivity contribution < 1.29 is 14.6 Å². The van der Waals surface area contributed by atoms with E-state index in [1.54, 1.807) is 30.4 Å². The molecule has 4 rings (SSSR count). The summed E-state index contributed by atoms with van der Waals surface area (Å²) in [5, 5.41) is 14.2. The van der Waals surface area contributed by atoms with E-state index >= 15 is 0 Å². The van der Waals surface area contributed by atoms with Crippen molar-refractivity contribution in [2.75, 3.05) is 7.11 Å². The molecule has 1 amide bonds. The number of ether oxygens (including phenoxy) is 1. The molecule has 0 bridgehead atoms. The summed E-state index contributed by atoms with van der Waals surface area (Å²) in [4.78, 5) is 32.0. The van der Waals surface area contributed by atoms with Crippen molar-refractivity contribution in [1.82, 2.24) is 15.0 Å². The predicted octanol–water partition coefficient (Wildman–Crippen LogP) is 2.76. The standard InChI is InChI=1S/C21H22N4O4S/c1-12(19(27)24-23-10-13-7-8-15(26)16(9-13)29-2)25-11-22-20-18(21(25)28)14-5-3-4-6-17(14)30-20/h7-12,26H,3-6H2,1-2H3,(H,24,27)/b23-10+. The van der Waals surface area contributed by atoms with E-state index in [9.17, 15) is 14.7 Å². The molecule has 2 N–H and O–H groups in total. The molecule has 0 saturated carbocycles. The lowest BCUT2D eigenvalue weighted by molar-refractivity contribution is -0.123. The third-order valence-electron chi connectivity index (χ3n) is 5.29. The van der Waals surface area contributed by atoms with E-state index in [0.29, 0.717) is 16.7 Å². The maximum atomic E-state index is 13.1. The van der Waals surface area contributed by atoms with Crippen LogP contribution in [0, 0.1) is 0 Å². The highest BCUT2D eigenvalue weighted by Gasteiger charge is 2.23. The van der Waals surface area contributed by atoms with Crippen molar-refractivity contribution in [1.29, 1.82) is 0 Å². The van der Waals surface area contributed by atoms with Crippen LogP contribution in [0.3, 0.4) is 0 Å². The van der Waals surface area contributed by atoms with Crippen molar-refractivity contribution >= 4 is 33.7 Å². The molecular weight excluding hydrogens is 404 g/mol. The summed E-state index contributed by atoms with van der Waals surface area (Å²) in [7, 11) is 1.45. The first-order chi connectivity index (χ1) is 14.5. The molecule has 0 saturated heterocycles. The minimum atomic E-state index is -0.764. The zero-order valence-corrected chi connectivity index (χ0v) is 17.5. The van der Waals surface area contributed by atoms with Crippen LogP contribution in [-0.4, -0.2) is 33.9 Å². The predicted molar refractivity (Wildman–Crippen MR) is 116 cm³/mol. The van der Waals surface area contributed by atoms with Crippen LogP contribution in [0.15, 0.2) is 34.4 Å². The Bertz CT molecular complexity index is 1200. The van der Waals surface area contributed by atoms with Crippen molar-refractivity contribution in [3.05, 3.63) is 50.9 Å². The highest BCUT2D eigenvalue weighted by molar-refractivity contribution is 7.18. The van der Waals surface area contributed by atoms with Crippen LogP contribution in [-0.2, 0) is 17.6 Å². The third kappa shape index (κ3) is 3.68. The molecule has 9 heteroatoms. The number of nitrogens with one attached hydrogen (secondary N) is 1. The third-order valence-corrected chi connectivity index (χ3v) is 6.49. The monoisotopic (exact) mass is 426 g/mol. The molecule has 2 heterocycles. The topological polar surface area (TPSA) is 106 Å². The van der Waals surface area contributed by atoms with Gasteiger partial charge in [-0.2, -0.15) is 5.10 Å². The van der Waals surface area contributed by atoms with Gasteiger partial charge in [-0.25, -0.2) is 10.4 Å². The number of fused-ring (bicyclic) bond motifs is 3. The molecule has 1 atom stereocenters. The number of methoxy groups -OCH3 is 1. The number of amides is 1. The number of benzene rings is 1. The zero-order valence-electron chi connectivity index (χ0n) is 16.7. The average Bonchev–Trinajstić information content (AvgIpc) is 3.14. The van der Waals surface area contributed by atoms with E-state index in [2.05, 4.69) is 15.5 Å². The molecule has 2 aromatic heterocycles. The van der Waals surface area contributed by atoms with Gasteiger partial charge in [0.05, 0.1) is 25.0 Å². The highest BCUT2D eigenvalue weighted by Crippen LogP contribution is 2.33. The molecule has 1 aromatic carbocycles. The number of phenols is 1. The van der Waals surface area contributed by atoms with Gasteiger partial charge in [0.1, 0.15) is 10.9 Å². The summed E-state index contributed by atoms with van der Waals surface area (Å²) < 4.78 is 6.41. The van der Waals surface area contributed by atoms with Crippen molar-refractivity contribution in [3.63, 3.8) is 0 Å². The molecule has 0 fully saturated rings. The number of nitrogens with zero attached hydrogens (tertiary/aromatic N) is 3. The van der Waals surface area contributed by atoms with E-state index in [-0.39, 0.29) is 11.3 Å². The molecule has 156 valence electrons. The van der Waals surface area contributed by atoms with Gasteiger partial charge in [0.25, 0.3) is 11.5 Å². The first-order valence-electron chi connectivity index (χ1n) is 9.71. The number of hydrazone groups is 1. The number of aromatic hydroxyl groups is 1. The smallest absolute Gasteiger partial charge is 0.263 e. The Hall–Kier alpha value is -3.20. The summed E-state index contributed by atoms with van der Waals surface area (Å²) in [6.45, 7) is 1.64. The first kappa shape index (κ1) is 20.1. The average molecular weight is 426 g/mol. The Morgan fingerprint density at radius 2 is 2.20 bits per heavy atom. The first-order valence-corrected chi connectivity index (χ1v) is 10.5. The summed E-state index contributed by atoms with van der Waals surface area (Å²) >= 11 is 1.58. The quantitative estimate of drug-likeness (QED) is 0.482. The Morgan fingerprint density at radius 1 is 1.40 bits per heavy atom. The van der Waals surface area contributed by atoms with Crippen molar-refractivity contribution in [2.24, 2.45) is 5.10 Å². The maximum absolute atomic E-state index is 13.1. The fraction of sp³-hybridized carbons (Fsp3) is 0.333. The minimum absolute atomic E-state index is 0.0187. The van der Waals surface area contributed by atoms with E-state index in [1.165, 1.54) is 35.2 Å². The van der Waals surface area contributed by atoms with Gasteiger partial charge < -0.3 is 9.84 Å². The lowest BCUT2D eigenvalue weighted by atomic mass is 9.97. The normalized spacial score (nSPS) is 14.6. The second-order valence-electron chi connectivity index (χ2n) is 7.19. The van der Waals surface area contributed by atoms with Crippen LogP contribution in [0.25, 0.3) is 10.2 Å². The van der Waals surface area contributed by atoms with Crippen LogP contribution in [0.1, 0.15) is 41.8 Å². The largest absolute Gasteiger partial charge is 0.504 e. The molecule has 3 aromatic rings. The lowest BCUT2D eigenvalue weighted by Crippen LogP contribution is -2.34. The Balaban J connectivity index is 1.53. The molecule has 1 aliphatic rings. The van der Waals surface area contributed by atoms with Gasteiger partial charge in [0, 0.05) is 4.88 Å². The fourth-order valence-corrected chi connectivity index (χ4v) is 4.82. The molecule has 0 spiro atoms. The number of aromatic nitrogens is 2. The lowest BCUT2D eigenvalue weighted by Gasteiger charge is -2.14. The SMILES string of the molecule is COc1cc(/C=N/NC(=O)C(C)n2cnc3sc4c(c3c2=O)CCCC4)ccc1O. The molecule has 0 aliphatic heterocycles. The number of phenolic OH excluding ortho intramolecular Hbond substituents is 1. The van der Waals surface area contributed by atoms with Crippen molar-refractivity contribution in [2.45, 2.75) is 38.6 Å². The van der Waals surface area contributed by atoms with Gasteiger partial charge in [0.2, 0.25) is 0 Å². The summed E-state index contributed by atoms with van der Waals surface area (Å²) in [5.41, 5.74) is 4.01. The number of hydrogen-bond acceptors (Lipinski definition) is 7. The second kappa shape index (κ2) is 8.27. The van der Waals surface area contributed by atoms with Crippen LogP contribution in [0.5, 0.6) is 11.5 Å². The van der Waals surface area contributed by atoms with Gasteiger partial charge >= 0.3 is 0 Å². The van der Waals surface area contributed by atoms with Crippen LogP contribution in [0.4, 0.5) is 0 Å². The number of hydrogen-bond donors (Lipinski definition) is 2. The molecule has 1 aliphatic carbocycles. The van der Waals surface area contributed by atoms with E-state index < -0.39 is 11.9 Å². The van der Waals surface area contributed by atoms with Gasteiger partial charge in [-0.15, -0.1) is 11.3 Å². The van der Waals surface area contributed by atoms with Gasteiger partial charge in [-0.1, -0.05) is 0 Å². The summed E-state index contributed by atoms with van der Waals surface area (Å²) in [6, 6.07) is 3.95. The van der Waals surface area contributed by atoms with Gasteiger partial charge in [-0.05, 0) is 61.9 Å².